The maximum absolute atomic E-state index is 14.7. The lowest BCUT2D eigenvalue weighted by Gasteiger charge is -2.18. The summed E-state index contributed by atoms with van der Waals surface area (Å²) in [6.07, 6.45) is -4.86. The van der Waals surface area contributed by atoms with Gasteiger partial charge in [0.05, 0.1) is 24.8 Å². The van der Waals surface area contributed by atoms with Crippen molar-refractivity contribution in [3.63, 3.8) is 0 Å². The second-order valence-corrected chi connectivity index (χ2v) is 6.39. The molecule has 0 aliphatic rings. The van der Waals surface area contributed by atoms with Crippen molar-refractivity contribution in [2.24, 2.45) is 0 Å². The predicted molar refractivity (Wildman–Crippen MR) is 105 cm³/mol. The van der Waals surface area contributed by atoms with Crippen LogP contribution in [-0.2, 0) is 12.7 Å². The van der Waals surface area contributed by atoms with Crippen LogP contribution in [0.3, 0.4) is 0 Å². The minimum Gasteiger partial charge on any atom is -0.494 e. The lowest BCUT2D eigenvalue weighted by molar-refractivity contribution is -0.138. The van der Waals surface area contributed by atoms with Crippen molar-refractivity contribution in [3.05, 3.63) is 85.7 Å². The van der Waals surface area contributed by atoms with Gasteiger partial charge in [-0.2, -0.15) is 13.2 Å². The molecule has 1 N–H and O–H groups in total. The first kappa shape index (κ1) is 23.8. The van der Waals surface area contributed by atoms with E-state index in [1.807, 2.05) is 4.98 Å². The summed E-state index contributed by atoms with van der Waals surface area (Å²) in [5.74, 6) is -2.23. The van der Waals surface area contributed by atoms with Crippen LogP contribution in [0.1, 0.15) is 24.2 Å². The Labute approximate surface area is 173 Å². The van der Waals surface area contributed by atoms with E-state index < -0.39 is 46.7 Å². The van der Waals surface area contributed by atoms with E-state index in [4.69, 9.17) is 4.74 Å². The molecule has 31 heavy (non-hydrogen) atoms. The molecule has 0 bridgehead atoms. The van der Waals surface area contributed by atoms with Gasteiger partial charge >= 0.3 is 11.9 Å². The van der Waals surface area contributed by atoms with Crippen molar-refractivity contribution < 1.29 is 26.7 Å². The fraction of sp³-hybridized carbons (Fsp3) is 0.238. The van der Waals surface area contributed by atoms with Gasteiger partial charge in [0, 0.05) is 16.8 Å². The van der Waals surface area contributed by atoms with Crippen LogP contribution < -0.4 is 16.0 Å². The average molecular weight is 442 g/mol. The molecular formula is C21H19F5N2O3. The Balaban J connectivity index is 0.00000341. The summed E-state index contributed by atoms with van der Waals surface area (Å²) in [6.45, 7) is 0.445. The number of aromatic amines is 1. The predicted octanol–water partition coefficient (Wildman–Crippen LogP) is 4.50. The smallest absolute Gasteiger partial charge is 0.416 e. The number of hydrogen-bond donors (Lipinski definition) is 1. The summed E-state index contributed by atoms with van der Waals surface area (Å²) in [5, 5.41) is 0. The number of halogens is 5. The third kappa shape index (κ3) is 4.37. The van der Waals surface area contributed by atoms with Gasteiger partial charge in [-0.3, -0.25) is 14.3 Å². The summed E-state index contributed by atoms with van der Waals surface area (Å²) in [6, 6.07) is 6.40. The van der Waals surface area contributed by atoms with Gasteiger partial charge < -0.3 is 4.74 Å². The normalized spacial score (nSPS) is 11.2. The Morgan fingerprint density at radius 2 is 1.71 bits per heavy atom. The first-order valence-electron chi connectivity index (χ1n) is 8.57. The first-order valence-corrected chi connectivity index (χ1v) is 8.57. The molecule has 0 unspecified atom stereocenters. The Kier molecular flexibility index (Phi) is 6.73. The molecule has 166 valence electrons. The number of ether oxygens (including phenoxy) is 1. The summed E-state index contributed by atoms with van der Waals surface area (Å²) < 4.78 is 74.5. The average Bonchev–Trinajstić information content (AvgIpc) is 2.66. The molecule has 0 spiro atoms. The second-order valence-electron chi connectivity index (χ2n) is 6.39. The van der Waals surface area contributed by atoms with Gasteiger partial charge in [-0.25, -0.2) is 13.6 Å². The minimum absolute atomic E-state index is 0. The summed E-state index contributed by atoms with van der Waals surface area (Å²) in [4.78, 5) is 26.6. The molecule has 0 saturated carbocycles. The molecule has 0 atom stereocenters. The van der Waals surface area contributed by atoms with Crippen LogP contribution in [0.15, 0.2) is 46.0 Å². The molecule has 1 aromatic heterocycles. The molecule has 1 heterocycles. The molecule has 0 aliphatic carbocycles. The monoisotopic (exact) mass is 442 g/mol. The maximum Gasteiger partial charge on any atom is 0.416 e. The molecule has 0 amide bonds. The molecule has 5 nitrogen and oxygen atoms in total. The zero-order valence-electron chi connectivity index (χ0n) is 15.7. The Morgan fingerprint density at radius 1 is 1.06 bits per heavy atom. The number of methoxy groups -OCH3 is 1. The molecular weight excluding hydrogens is 423 g/mol. The van der Waals surface area contributed by atoms with E-state index in [2.05, 4.69) is 0 Å². The number of nitrogens with zero attached hydrogens (tertiary/aromatic N) is 1. The van der Waals surface area contributed by atoms with Crippen molar-refractivity contribution in [1.29, 1.82) is 0 Å². The highest BCUT2D eigenvalue weighted by molar-refractivity contribution is 5.67. The minimum atomic E-state index is -4.86. The lowest BCUT2D eigenvalue weighted by atomic mass is 10.0. The quantitative estimate of drug-likeness (QED) is 0.605. The maximum atomic E-state index is 14.7. The molecule has 0 saturated heterocycles. The van der Waals surface area contributed by atoms with Crippen molar-refractivity contribution in [3.8, 4) is 16.9 Å². The van der Waals surface area contributed by atoms with Crippen molar-refractivity contribution in [1.82, 2.24) is 9.55 Å². The van der Waals surface area contributed by atoms with Crippen LogP contribution in [-0.4, -0.2) is 16.7 Å². The van der Waals surface area contributed by atoms with Crippen LogP contribution in [0.5, 0.6) is 5.75 Å². The van der Waals surface area contributed by atoms with Gasteiger partial charge in [0.15, 0.2) is 11.6 Å². The van der Waals surface area contributed by atoms with Crippen LogP contribution in [0.2, 0.25) is 0 Å². The number of nitrogens with one attached hydrogen (secondary N) is 1. The summed E-state index contributed by atoms with van der Waals surface area (Å²) >= 11 is 0. The number of benzene rings is 2. The third-order valence-electron chi connectivity index (χ3n) is 4.65. The van der Waals surface area contributed by atoms with Crippen LogP contribution in [0.4, 0.5) is 22.0 Å². The van der Waals surface area contributed by atoms with Crippen LogP contribution in [0.25, 0.3) is 11.1 Å². The van der Waals surface area contributed by atoms with E-state index in [0.717, 1.165) is 16.7 Å². The van der Waals surface area contributed by atoms with Gasteiger partial charge in [0.1, 0.15) is 5.82 Å². The topological polar surface area (TPSA) is 64.1 Å². The Morgan fingerprint density at radius 3 is 2.32 bits per heavy atom. The molecule has 2 aromatic carbocycles. The molecule has 0 aliphatic heterocycles. The van der Waals surface area contributed by atoms with E-state index in [-0.39, 0.29) is 30.0 Å². The van der Waals surface area contributed by atoms with Gasteiger partial charge in [0.25, 0.3) is 5.56 Å². The van der Waals surface area contributed by atoms with E-state index >= 15 is 0 Å². The van der Waals surface area contributed by atoms with E-state index in [1.165, 1.54) is 32.2 Å². The lowest BCUT2D eigenvalue weighted by Crippen LogP contribution is -2.34. The standard InChI is InChI=1S/C20H15F5N2O3.CH4/c1-10-16(11-5-3-8-15(30-2)17(11)22)18(28)26-19(29)27(10)9-12-13(20(23,24)25)6-4-7-14(12)21;/h3-8H,9H2,1-2H3,(H,26,28,29);1H4. The van der Waals surface area contributed by atoms with E-state index in [0.29, 0.717) is 6.07 Å². The van der Waals surface area contributed by atoms with Gasteiger partial charge in [-0.1, -0.05) is 25.6 Å². The fourth-order valence-electron chi connectivity index (χ4n) is 3.19. The number of hydrogen-bond acceptors (Lipinski definition) is 3. The highest BCUT2D eigenvalue weighted by atomic mass is 19.4. The number of alkyl halides is 3. The largest absolute Gasteiger partial charge is 0.494 e. The van der Waals surface area contributed by atoms with Gasteiger partial charge in [-0.05, 0) is 25.1 Å². The molecule has 3 rings (SSSR count). The molecule has 0 radical (unpaired) electrons. The van der Waals surface area contributed by atoms with Crippen molar-refractivity contribution in [2.75, 3.05) is 7.11 Å². The van der Waals surface area contributed by atoms with Crippen molar-refractivity contribution >= 4 is 0 Å². The zero-order valence-corrected chi connectivity index (χ0v) is 15.7. The second kappa shape index (κ2) is 8.75. The number of aromatic nitrogens is 2. The molecule has 0 fully saturated rings. The Bertz CT molecular complexity index is 1230. The van der Waals surface area contributed by atoms with Crippen LogP contribution >= 0.6 is 0 Å². The number of rotatable bonds is 4. The van der Waals surface area contributed by atoms with Gasteiger partial charge in [0.2, 0.25) is 0 Å². The van der Waals surface area contributed by atoms with Crippen LogP contribution in [0, 0.1) is 18.6 Å². The molecule has 10 heteroatoms. The fourth-order valence-corrected chi connectivity index (χ4v) is 3.19. The van der Waals surface area contributed by atoms with E-state index in [1.54, 1.807) is 0 Å². The van der Waals surface area contributed by atoms with Crippen molar-refractivity contribution in [2.45, 2.75) is 27.1 Å². The summed E-state index contributed by atoms with van der Waals surface area (Å²) in [7, 11) is 1.22. The van der Waals surface area contributed by atoms with E-state index in [9.17, 15) is 31.5 Å². The highest BCUT2D eigenvalue weighted by Crippen LogP contribution is 2.34. The number of H-pyrrole nitrogens is 1. The molecule has 3 aromatic rings. The first-order chi connectivity index (χ1) is 14.1. The Hall–Kier alpha value is -3.43. The van der Waals surface area contributed by atoms with Gasteiger partial charge in [-0.15, -0.1) is 0 Å². The zero-order chi connectivity index (χ0) is 22.2. The summed E-state index contributed by atoms with van der Waals surface area (Å²) in [5.41, 5.74) is -4.66. The highest BCUT2D eigenvalue weighted by Gasteiger charge is 2.34. The SMILES string of the molecule is C.COc1cccc(-c2c(C)n(Cc3c(F)cccc3C(F)(F)F)c(=O)[nH]c2=O)c1F. The third-order valence-corrected chi connectivity index (χ3v) is 4.65.